The van der Waals surface area contributed by atoms with Gasteiger partial charge in [0.1, 0.15) is 29.7 Å². The summed E-state index contributed by atoms with van der Waals surface area (Å²) in [5.74, 6) is 1.83. The van der Waals surface area contributed by atoms with E-state index in [-0.39, 0.29) is 18.0 Å². The lowest BCUT2D eigenvalue weighted by Gasteiger charge is -2.19. The molecule has 4 heteroatoms. The van der Waals surface area contributed by atoms with Crippen LogP contribution < -0.4 is 10.1 Å². The first-order valence-electron chi connectivity index (χ1n) is 7.05. The normalized spacial score (nSPS) is 11.7. The highest BCUT2D eigenvalue weighted by Gasteiger charge is 2.10. The van der Waals surface area contributed by atoms with Gasteiger partial charge in [-0.15, -0.1) is 0 Å². The monoisotopic (exact) mass is 291 g/mol. The Morgan fingerprint density at radius 3 is 2.52 bits per heavy atom. The second-order valence-electron chi connectivity index (χ2n) is 6.17. The second kappa shape index (κ2) is 6.31. The van der Waals surface area contributed by atoms with Crippen molar-refractivity contribution in [3.63, 3.8) is 0 Å². The average molecular weight is 291 g/mol. The molecule has 0 aliphatic carbocycles. The summed E-state index contributed by atoms with van der Waals surface area (Å²) in [6.07, 6.45) is 0. The smallest absolute Gasteiger partial charge is 0.146 e. The van der Waals surface area contributed by atoms with Crippen molar-refractivity contribution in [2.24, 2.45) is 0 Å². The Morgan fingerprint density at radius 1 is 1.14 bits per heavy atom. The zero-order chi connectivity index (χ0) is 15.5. The van der Waals surface area contributed by atoms with Gasteiger partial charge in [-0.3, -0.25) is 0 Å². The van der Waals surface area contributed by atoms with Gasteiger partial charge in [0.05, 0.1) is 6.54 Å². The van der Waals surface area contributed by atoms with Crippen LogP contribution in [0.15, 0.2) is 34.7 Å². The SMILES string of the molecule is Cc1ccc(OCc2ccc(CNC(C)(C)C)o2)cc1F. The molecule has 1 N–H and O–H groups in total. The van der Waals surface area contributed by atoms with Crippen LogP contribution in [0.3, 0.4) is 0 Å². The third-order valence-corrected chi connectivity index (χ3v) is 3.03. The summed E-state index contributed by atoms with van der Waals surface area (Å²) in [5, 5.41) is 3.35. The summed E-state index contributed by atoms with van der Waals surface area (Å²) >= 11 is 0. The first kappa shape index (κ1) is 15.6. The molecule has 0 aliphatic rings. The number of rotatable bonds is 5. The van der Waals surface area contributed by atoms with E-state index in [1.54, 1.807) is 19.1 Å². The molecule has 0 saturated carbocycles. The number of hydrogen-bond acceptors (Lipinski definition) is 3. The molecule has 0 saturated heterocycles. The minimum Gasteiger partial charge on any atom is -0.486 e. The number of furan rings is 1. The number of benzene rings is 1. The molecule has 1 aromatic carbocycles. The highest BCUT2D eigenvalue weighted by molar-refractivity contribution is 5.28. The fourth-order valence-electron chi connectivity index (χ4n) is 1.77. The van der Waals surface area contributed by atoms with Crippen LogP contribution in [0.4, 0.5) is 4.39 Å². The molecule has 0 fully saturated rings. The zero-order valence-corrected chi connectivity index (χ0v) is 13.0. The molecule has 21 heavy (non-hydrogen) atoms. The van der Waals surface area contributed by atoms with Crippen molar-refractivity contribution in [2.45, 2.75) is 46.4 Å². The standard InChI is InChI=1S/C17H22FNO2/c1-12-5-6-13(9-16(12)18)20-11-15-8-7-14(21-15)10-19-17(2,3)4/h5-9,19H,10-11H2,1-4H3. The molecule has 0 spiro atoms. The molecule has 0 unspecified atom stereocenters. The minimum absolute atomic E-state index is 0.0445. The lowest BCUT2D eigenvalue weighted by atomic mass is 10.1. The van der Waals surface area contributed by atoms with Gasteiger partial charge in [-0.1, -0.05) is 6.07 Å². The van der Waals surface area contributed by atoms with E-state index in [0.717, 1.165) is 11.5 Å². The van der Waals surface area contributed by atoms with E-state index in [0.29, 0.717) is 17.9 Å². The molecular formula is C17H22FNO2. The van der Waals surface area contributed by atoms with Crippen molar-refractivity contribution in [2.75, 3.05) is 0 Å². The molecule has 2 aromatic rings. The Kier molecular flexibility index (Phi) is 4.68. The van der Waals surface area contributed by atoms with E-state index in [9.17, 15) is 4.39 Å². The van der Waals surface area contributed by atoms with E-state index in [1.807, 2.05) is 12.1 Å². The lowest BCUT2D eigenvalue weighted by molar-refractivity contribution is 0.262. The van der Waals surface area contributed by atoms with Gasteiger partial charge < -0.3 is 14.5 Å². The number of ether oxygens (including phenoxy) is 1. The zero-order valence-electron chi connectivity index (χ0n) is 13.0. The molecule has 1 heterocycles. The van der Waals surface area contributed by atoms with Crippen LogP contribution in [0.2, 0.25) is 0 Å². The average Bonchev–Trinajstić information content (AvgIpc) is 2.85. The van der Waals surface area contributed by atoms with E-state index in [4.69, 9.17) is 9.15 Å². The van der Waals surface area contributed by atoms with E-state index in [1.165, 1.54) is 6.07 Å². The number of hydrogen-bond donors (Lipinski definition) is 1. The molecular weight excluding hydrogens is 269 g/mol. The molecule has 1 aromatic heterocycles. The molecule has 0 aliphatic heterocycles. The lowest BCUT2D eigenvalue weighted by Crippen LogP contribution is -2.34. The molecule has 0 atom stereocenters. The number of aryl methyl sites for hydroxylation is 1. The summed E-state index contributed by atoms with van der Waals surface area (Å²) in [7, 11) is 0. The predicted molar refractivity (Wildman–Crippen MR) is 80.8 cm³/mol. The quantitative estimate of drug-likeness (QED) is 0.896. The van der Waals surface area contributed by atoms with Crippen molar-refractivity contribution in [1.29, 1.82) is 0 Å². The third kappa shape index (κ3) is 4.90. The Hall–Kier alpha value is -1.81. The maximum atomic E-state index is 13.4. The van der Waals surface area contributed by atoms with Gasteiger partial charge in [0.15, 0.2) is 0 Å². The van der Waals surface area contributed by atoms with Crippen molar-refractivity contribution < 1.29 is 13.5 Å². The molecule has 0 radical (unpaired) electrons. The highest BCUT2D eigenvalue weighted by atomic mass is 19.1. The number of halogens is 1. The number of nitrogens with one attached hydrogen (secondary N) is 1. The van der Waals surface area contributed by atoms with Crippen molar-refractivity contribution in [1.82, 2.24) is 5.32 Å². The van der Waals surface area contributed by atoms with Gasteiger partial charge in [-0.25, -0.2) is 4.39 Å². The summed E-state index contributed by atoms with van der Waals surface area (Å²) in [5.41, 5.74) is 0.652. The first-order chi connectivity index (χ1) is 9.83. The van der Waals surface area contributed by atoms with Crippen LogP contribution >= 0.6 is 0 Å². The van der Waals surface area contributed by atoms with Gasteiger partial charge in [0, 0.05) is 11.6 Å². The van der Waals surface area contributed by atoms with Crippen molar-refractivity contribution >= 4 is 0 Å². The largest absolute Gasteiger partial charge is 0.486 e. The van der Waals surface area contributed by atoms with Gasteiger partial charge in [-0.2, -0.15) is 0 Å². The summed E-state index contributed by atoms with van der Waals surface area (Å²) in [6.45, 7) is 8.99. The third-order valence-electron chi connectivity index (χ3n) is 3.03. The molecule has 0 bridgehead atoms. The van der Waals surface area contributed by atoms with Crippen LogP contribution in [0, 0.1) is 12.7 Å². The highest BCUT2D eigenvalue weighted by Crippen LogP contribution is 2.18. The van der Waals surface area contributed by atoms with Crippen LogP contribution in [0.25, 0.3) is 0 Å². The molecule has 0 amide bonds. The topological polar surface area (TPSA) is 34.4 Å². The Balaban J connectivity index is 1.89. The van der Waals surface area contributed by atoms with Crippen molar-refractivity contribution in [3.8, 4) is 5.75 Å². The van der Waals surface area contributed by atoms with Gasteiger partial charge in [0.25, 0.3) is 0 Å². The van der Waals surface area contributed by atoms with Gasteiger partial charge in [0.2, 0.25) is 0 Å². The minimum atomic E-state index is -0.262. The van der Waals surface area contributed by atoms with E-state index < -0.39 is 0 Å². The summed E-state index contributed by atoms with van der Waals surface area (Å²) < 4.78 is 24.6. The predicted octanol–water partition coefficient (Wildman–Crippen LogP) is 4.19. The molecule has 3 nitrogen and oxygen atoms in total. The molecule has 2 rings (SSSR count). The van der Waals surface area contributed by atoms with E-state index in [2.05, 4.69) is 26.1 Å². The Labute approximate surface area is 125 Å². The molecule has 114 valence electrons. The fourth-order valence-corrected chi connectivity index (χ4v) is 1.77. The van der Waals surface area contributed by atoms with Crippen LogP contribution in [0.5, 0.6) is 5.75 Å². The van der Waals surface area contributed by atoms with Gasteiger partial charge in [-0.05, 0) is 51.5 Å². The maximum Gasteiger partial charge on any atom is 0.146 e. The van der Waals surface area contributed by atoms with Gasteiger partial charge >= 0.3 is 0 Å². The van der Waals surface area contributed by atoms with Crippen LogP contribution in [-0.4, -0.2) is 5.54 Å². The maximum absolute atomic E-state index is 13.4. The summed E-state index contributed by atoms with van der Waals surface area (Å²) in [6, 6.07) is 8.65. The summed E-state index contributed by atoms with van der Waals surface area (Å²) in [4.78, 5) is 0. The van der Waals surface area contributed by atoms with Crippen molar-refractivity contribution in [3.05, 3.63) is 53.2 Å². The van der Waals surface area contributed by atoms with Crippen LogP contribution in [0.1, 0.15) is 37.9 Å². The Bertz CT molecular complexity index is 599. The van der Waals surface area contributed by atoms with E-state index >= 15 is 0 Å². The van der Waals surface area contributed by atoms with Crippen LogP contribution in [-0.2, 0) is 13.2 Å². The first-order valence-corrected chi connectivity index (χ1v) is 7.05. The second-order valence-corrected chi connectivity index (χ2v) is 6.17. The fraction of sp³-hybridized carbons (Fsp3) is 0.412. The Morgan fingerprint density at radius 2 is 1.86 bits per heavy atom.